The summed E-state index contributed by atoms with van der Waals surface area (Å²) in [5.41, 5.74) is -1.34. The summed E-state index contributed by atoms with van der Waals surface area (Å²) < 4.78 is 45.5. The average molecular weight is 354 g/mol. The van der Waals surface area contributed by atoms with Crippen molar-refractivity contribution < 1.29 is 17.9 Å². The molecule has 9 nitrogen and oxygen atoms in total. The quantitative estimate of drug-likeness (QED) is 0.733. The van der Waals surface area contributed by atoms with E-state index in [-0.39, 0.29) is 29.3 Å². The molecular formula is C13H13F3N8O. The molecule has 0 radical (unpaired) electrons. The molecule has 1 aliphatic heterocycles. The molecule has 1 aliphatic rings. The topological polar surface area (TPSA) is 108 Å². The number of methoxy groups -OCH3 is 1. The van der Waals surface area contributed by atoms with Crippen molar-refractivity contribution in [3.63, 3.8) is 0 Å². The van der Waals surface area contributed by atoms with E-state index >= 15 is 0 Å². The zero-order valence-electron chi connectivity index (χ0n) is 12.9. The number of imidazole rings is 1. The van der Waals surface area contributed by atoms with Gasteiger partial charge in [-0.15, -0.1) is 0 Å². The molecule has 0 spiro atoms. The SMILES string of the molecule is CO[C@@H]1C[C@@H](c2ncn[nH]2)N(c2nc(C(F)(F)F)c3[nH]cnc3n2)C1. The molecule has 132 valence electrons. The van der Waals surface area contributed by atoms with Crippen LogP contribution < -0.4 is 4.90 Å². The summed E-state index contributed by atoms with van der Waals surface area (Å²) >= 11 is 0. The number of anilines is 1. The summed E-state index contributed by atoms with van der Waals surface area (Å²) in [6, 6.07) is -0.370. The molecule has 0 bridgehead atoms. The van der Waals surface area contributed by atoms with E-state index in [1.54, 1.807) is 12.0 Å². The maximum atomic E-state index is 13.4. The predicted molar refractivity (Wildman–Crippen MR) is 78.6 cm³/mol. The molecule has 1 fully saturated rings. The van der Waals surface area contributed by atoms with Gasteiger partial charge in [0.05, 0.1) is 18.5 Å². The minimum atomic E-state index is -4.63. The monoisotopic (exact) mass is 354 g/mol. The molecule has 1 saturated heterocycles. The Labute approximate surface area is 138 Å². The Hall–Kier alpha value is -2.76. The van der Waals surface area contributed by atoms with Gasteiger partial charge in [0.25, 0.3) is 0 Å². The number of ether oxygens (including phenoxy) is 1. The van der Waals surface area contributed by atoms with Crippen molar-refractivity contribution in [2.75, 3.05) is 18.6 Å². The van der Waals surface area contributed by atoms with E-state index in [9.17, 15) is 13.2 Å². The van der Waals surface area contributed by atoms with E-state index in [0.717, 1.165) is 6.33 Å². The number of fused-ring (bicyclic) bond motifs is 1. The Bertz CT molecular complexity index is 877. The number of hydrogen-bond acceptors (Lipinski definition) is 7. The first kappa shape index (κ1) is 15.7. The largest absolute Gasteiger partial charge is 0.435 e. The smallest absolute Gasteiger partial charge is 0.380 e. The van der Waals surface area contributed by atoms with Gasteiger partial charge in [-0.05, 0) is 0 Å². The first-order valence-electron chi connectivity index (χ1n) is 7.40. The first-order valence-corrected chi connectivity index (χ1v) is 7.40. The predicted octanol–water partition coefficient (Wildman–Crippen LogP) is 1.46. The number of hydrogen-bond donors (Lipinski definition) is 2. The van der Waals surface area contributed by atoms with Crippen molar-refractivity contribution in [1.29, 1.82) is 0 Å². The zero-order valence-corrected chi connectivity index (χ0v) is 12.9. The number of H-pyrrole nitrogens is 2. The zero-order chi connectivity index (χ0) is 17.6. The van der Waals surface area contributed by atoms with Gasteiger partial charge in [-0.1, -0.05) is 0 Å². The third-order valence-electron chi connectivity index (χ3n) is 4.14. The number of aromatic amines is 2. The summed E-state index contributed by atoms with van der Waals surface area (Å²) in [5, 5.41) is 6.55. The van der Waals surface area contributed by atoms with Crippen LogP contribution in [0.4, 0.5) is 19.1 Å². The number of nitrogens with zero attached hydrogens (tertiary/aromatic N) is 6. The van der Waals surface area contributed by atoms with Gasteiger partial charge in [0, 0.05) is 20.1 Å². The number of rotatable bonds is 3. The molecule has 2 atom stereocenters. The van der Waals surface area contributed by atoms with Crippen LogP contribution in [0.15, 0.2) is 12.7 Å². The second-order valence-corrected chi connectivity index (χ2v) is 5.60. The van der Waals surface area contributed by atoms with Crippen molar-refractivity contribution >= 4 is 17.1 Å². The standard InChI is InChI=1S/C13H13F3N8O/c1-25-6-2-7(10-19-5-20-23-10)24(3-6)12-21-9(13(14,15)16)8-11(22-12)18-4-17-8/h4-7H,2-3H2,1H3,(H,19,20,23)(H,17,18,21,22)/t6-,7+/m1/s1. The summed E-state index contributed by atoms with van der Waals surface area (Å²) in [6.45, 7) is 0.328. The van der Waals surface area contributed by atoms with Gasteiger partial charge >= 0.3 is 6.18 Å². The lowest BCUT2D eigenvalue weighted by molar-refractivity contribution is -0.139. The normalized spacial score (nSPS) is 21.4. The molecule has 0 saturated carbocycles. The van der Waals surface area contributed by atoms with Gasteiger partial charge in [-0.25, -0.2) is 15.0 Å². The van der Waals surface area contributed by atoms with Gasteiger partial charge in [-0.3, -0.25) is 5.10 Å². The van der Waals surface area contributed by atoms with Crippen LogP contribution in [0.25, 0.3) is 11.2 Å². The molecule has 0 aliphatic carbocycles. The van der Waals surface area contributed by atoms with E-state index in [1.165, 1.54) is 6.33 Å². The molecule has 3 aromatic heterocycles. The van der Waals surface area contributed by atoms with Crippen LogP contribution in [0.1, 0.15) is 24.0 Å². The van der Waals surface area contributed by atoms with Crippen LogP contribution in [0.5, 0.6) is 0 Å². The van der Waals surface area contributed by atoms with Crippen molar-refractivity contribution in [2.45, 2.75) is 24.7 Å². The molecule has 0 amide bonds. The maximum absolute atomic E-state index is 13.4. The Kier molecular flexibility index (Phi) is 3.56. The van der Waals surface area contributed by atoms with E-state index in [4.69, 9.17) is 4.74 Å². The molecule has 2 N–H and O–H groups in total. The van der Waals surface area contributed by atoms with Gasteiger partial charge in [-0.2, -0.15) is 23.3 Å². The number of nitrogens with one attached hydrogen (secondary N) is 2. The Morgan fingerprint density at radius 3 is 2.80 bits per heavy atom. The molecule has 0 aromatic carbocycles. The Morgan fingerprint density at radius 2 is 2.12 bits per heavy atom. The molecule has 3 aromatic rings. The highest BCUT2D eigenvalue weighted by Crippen LogP contribution is 2.37. The van der Waals surface area contributed by atoms with Crippen molar-refractivity contribution in [3.8, 4) is 0 Å². The lowest BCUT2D eigenvalue weighted by Gasteiger charge is -2.23. The summed E-state index contributed by atoms with van der Waals surface area (Å²) in [4.78, 5) is 20.0. The van der Waals surface area contributed by atoms with Crippen LogP contribution in [0, 0.1) is 0 Å². The highest BCUT2D eigenvalue weighted by Gasteiger charge is 2.40. The molecule has 0 unspecified atom stereocenters. The fourth-order valence-corrected chi connectivity index (χ4v) is 2.98. The second-order valence-electron chi connectivity index (χ2n) is 5.60. The van der Waals surface area contributed by atoms with E-state index in [1.807, 2.05) is 0 Å². The first-order chi connectivity index (χ1) is 12.0. The molecule has 4 heterocycles. The summed E-state index contributed by atoms with van der Waals surface area (Å²) in [6.07, 6.45) is -1.80. The van der Waals surface area contributed by atoms with Crippen LogP contribution in [-0.4, -0.2) is 54.9 Å². The average Bonchev–Trinajstić information content (AvgIpc) is 3.30. The van der Waals surface area contributed by atoms with Crippen LogP contribution in [-0.2, 0) is 10.9 Å². The fourth-order valence-electron chi connectivity index (χ4n) is 2.98. The van der Waals surface area contributed by atoms with Gasteiger partial charge in [0.15, 0.2) is 11.3 Å². The van der Waals surface area contributed by atoms with E-state index in [2.05, 4.69) is 35.1 Å². The fraction of sp³-hybridized carbons (Fsp3) is 0.462. The van der Waals surface area contributed by atoms with Gasteiger partial charge in [0.1, 0.15) is 17.7 Å². The maximum Gasteiger partial charge on any atom is 0.435 e. The summed E-state index contributed by atoms with van der Waals surface area (Å²) in [7, 11) is 1.55. The number of halogens is 3. The lowest BCUT2D eigenvalue weighted by Crippen LogP contribution is -2.28. The highest BCUT2D eigenvalue weighted by atomic mass is 19.4. The van der Waals surface area contributed by atoms with Crippen LogP contribution >= 0.6 is 0 Å². The van der Waals surface area contributed by atoms with Crippen LogP contribution in [0.2, 0.25) is 0 Å². The van der Waals surface area contributed by atoms with Gasteiger partial charge in [0.2, 0.25) is 5.95 Å². The van der Waals surface area contributed by atoms with Crippen LogP contribution in [0.3, 0.4) is 0 Å². The molecule has 25 heavy (non-hydrogen) atoms. The minimum Gasteiger partial charge on any atom is -0.380 e. The third kappa shape index (κ3) is 2.67. The molecule has 12 heteroatoms. The minimum absolute atomic E-state index is 0.0467. The van der Waals surface area contributed by atoms with E-state index in [0.29, 0.717) is 18.8 Å². The van der Waals surface area contributed by atoms with E-state index < -0.39 is 11.9 Å². The lowest BCUT2D eigenvalue weighted by atomic mass is 10.2. The molecular weight excluding hydrogens is 341 g/mol. The molecule has 4 rings (SSSR count). The second kappa shape index (κ2) is 5.65. The Morgan fingerprint density at radius 1 is 1.28 bits per heavy atom. The number of alkyl halides is 3. The van der Waals surface area contributed by atoms with Crippen molar-refractivity contribution in [3.05, 3.63) is 24.2 Å². The van der Waals surface area contributed by atoms with Crippen molar-refractivity contribution in [1.82, 2.24) is 35.1 Å². The van der Waals surface area contributed by atoms with Gasteiger partial charge < -0.3 is 14.6 Å². The Balaban J connectivity index is 1.82. The van der Waals surface area contributed by atoms with Crippen molar-refractivity contribution in [2.24, 2.45) is 0 Å². The summed E-state index contributed by atoms with van der Waals surface area (Å²) in [5.74, 6) is 0.437. The number of aromatic nitrogens is 7. The highest BCUT2D eigenvalue weighted by molar-refractivity contribution is 5.74. The third-order valence-corrected chi connectivity index (χ3v) is 4.14.